The number of aryl methyl sites for hydroxylation is 1. The molecule has 0 fully saturated rings. The van der Waals surface area contributed by atoms with Crippen LogP contribution in [-0.2, 0) is 21.2 Å². The largest absolute Gasteiger partial charge is 0.326 e. The van der Waals surface area contributed by atoms with Crippen LogP contribution in [0.15, 0.2) is 59.5 Å². The predicted octanol–water partition coefficient (Wildman–Crippen LogP) is 3.36. The van der Waals surface area contributed by atoms with E-state index < -0.39 is 10.0 Å². The van der Waals surface area contributed by atoms with Crippen LogP contribution in [0.5, 0.6) is 0 Å². The zero-order valence-corrected chi connectivity index (χ0v) is 18.3. The number of sulfonamides is 1. The summed E-state index contributed by atoms with van der Waals surface area (Å²) in [6.45, 7) is 7.35. The molecule has 3 rings (SSSR count). The molecule has 1 heterocycles. The highest BCUT2D eigenvalue weighted by atomic mass is 32.2. The minimum Gasteiger partial charge on any atom is -0.326 e. The monoisotopic (exact) mass is 426 g/mol. The summed E-state index contributed by atoms with van der Waals surface area (Å²) < 4.78 is 28.8. The highest BCUT2D eigenvalue weighted by molar-refractivity contribution is 7.89. The number of hydrogen-bond donors (Lipinski definition) is 2. The molecule has 2 N–H and O–H groups in total. The summed E-state index contributed by atoms with van der Waals surface area (Å²) >= 11 is 0. The molecule has 0 radical (unpaired) electrons. The summed E-state index contributed by atoms with van der Waals surface area (Å²) in [5.74, 6) is -0.190. The maximum atomic E-state index is 12.6. The summed E-state index contributed by atoms with van der Waals surface area (Å²) in [4.78, 5) is 12.7. The van der Waals surface area contributed by atoms with E-state index in [1.807, 2.05) is 48.9 Å². The molecule has 0 saturated heterocycles. The molecule has 0 saturated carbocycles. The molecule has 1 aromatic heterocycles. The van der Waals surface area contributed by atoms with E-state index in [9.17, 15) is 13.2 Å². The van der Waals surface area contributed by atoms with Crippen LogP contribution in [-0.4, -0.2) is 30.1 Å². The molecule has 0 aliphatic heterocycles. The number of benzene rings is 2. The van der Waals surface area contributed by atoms with Crippen LogP contribution >= 0.6 is 0 Å². The van der Waals surface area contributed by atoms with Gasteiger partial charge in [0.1, 0.15) is 0 Å². The fourth-order valence-corrected chi connectivity index (χ4v) is 4.46. The zero-order valence-electron chi connectivity index (χ0n) is 17.5. The highest BCUT2D eigenvalue weighted by Gasteiger charge is 2.17. The third-order valence-corrected chi connectivity index (χ3v) is 6.29. The quantitative estimate of drug-likeness (QED) is 0.606. The van der Waals surface area contributed by atoms with E-state index in [4.69, 9.17) is 0 Å². The SMILES string of the molecule is Cc1nn(-c2ccccc2)c(C)c1CC(=O)Nc1ccc(S(=O)(=O)NC(C)C)cc1. The minimum atomic E-state index is -3.56. The molecule has 0 aliphatic carbocycles. The first-order valence-corrected chi connectivity index (χ1v) is 11.2. The first-order valence-electron chi connectivity index (χ1n) is 9.70. The van der Waals surface area contributed by atoms with Gasteiger partial charge in [-0.3, -0.25) is 4.79 Å². The van der Waals surface area contributed by atoms with Gasteiger partial charge in [0.25, 0.3) is 0 Å². The van der Waals surface area contributed by atoms with Crippen LogP contribution in [0.3, 0.4) is 0 Å². The molecule has 30 heavy (non-hydrogen) atoms. The molecule has 0 bridgehead atoms. The summed E-state index contributed by atoms with van der Waals surface area (Å²) in [6.07, 6.45) is 0.180. The molecule has 0 spiro atoms. The molecule has 2 aromatic carbocycles. The van der Waals surface area contributed by atoms with Crippen LogP contribution in [0.1, 0.15) is 30.8 Å². The highest BCUT2D eigenvalue weighted by Crippen LogP contribution is 2.20. The Bertz CT molecular complexity index is 1140. The Morgan fingerprint density at radius 1 is 1.03 bits per heavy atom. The van der Waals surface area contributed by atoms with Crippen molar-refractivity contribution in [3.63, 3.8) is 0 Å². The van der Waals surface area contributed by atoms with Crippen molar-refractivity contribution >= 4 is 21.6 Å². The summed E-state index contributed by atoms with van der Waals surface area (Å²) in [6, 6.07) is 15.7. The lowest BCUT2D eigenvalue weighted by Crippen LogP contribution is -2.30. The normalized spacial score (nSPS) is 11.6. The van der Waals surface area contributed by atoms with Crippen molar-refractivity contribution in [3.05, 3.63) is 71.5 Å². The van der Waals surface area contributed by atoms with E-state index in [1.54, 1.807) is 26.0 Å². The van der Waals surface area contributed by atoms with Gasteiger partial charge >= 0.3 is 0 Å². The molecule has 158 valence electrons. The number of amides is 1. The molecule has 0 atom stereocenters. The molecular formula is C22H26N4O3S. The van der Waals surface area contributed by atoms with Gasteiger partial charge in [0.05, 0.1) is 22.7 Å². The summed E-state index contributed by atoms with van der Waals surface area (Å²) in [5, 5.41) is 7.39. The Kier molecular flexibility index (Phi) is 6.38. The molecule has 8 heteroatoms. The van der Waals surface area contributed by atoms with E-state index >= 15 is 0 Å². The van der Waals surface area contributed by atoms with Gasteiger partial charge in [-0.15, -0.1) is 0 Å². The van der Waals surface area contributed by atoms with E-state index in [0.29, 0.717) is 5.69 Å². The van der Waals surface area contributed by atoms with Crippen molar-refractivity contribution in [1.29, 1.82) is 0 Å². The van der Waals surface area contributed by atoms with Crippen LogP contribution < -0.4 is 10.0 Å². The Morgan fingerprint density at radius 2 is 1.67 bits per heavy atom. The fraction of sp³-hybridized carbons (Fsp3) is 0.273. The number of para-hydroxylation sites is 1. The van der Waals surface area contributed by atoms with Gasteiger partial charge in [-0.25, -0.2) is 17.8 Å². The summed E-state index contributed by atoms with van der Waals surface area (Å²) in [5.41, 5.74) is 4.06. The number of carbonyl (C=O) groups excluding carboxylic acids is 1. The van der Waals surface area contributed by atoms with Gasteiger partial charge < -0.3 is 5.32 Å². The number of aromatic nitrogens is 2. The van der Waals surface area contributed by atoms with Crippen molar-refractivity contribution in [2.75, 3.05) is 5.32 Å². The third-order valence-electron chi connectivity index (χ3n) is 4.62. The second-order valence-corrected chi connectivity index (χ2v) is 9.14. The Hall–Kier alpha value is -2.97. The second-order valence-electron chi connectivity index (χ2n) is 7.42. The minimum absolute atomic E-state index is 0.157. The van der Waals surface area contributed by atoms with Gasteiger partial charge in [-0.1, -0.05) is 18.2 Å². The van der Waals surface area contributed by atoms with Gasteiger partial charge in [-0.2, -0.15) is 5.10 Å². The number of rotatable bonds is 7. The number of nitrogens with one attached hydrogen (secondary N) is 2. The van der Waals surface area contributed by atoms with Gasteiger partial charge in [-0.05, 0) is 64.1 Å². The molecule has 1 amide bonds. The molecule has 3 aromatic rings. The topological polar surface area (TPSA) is 93.1 Å². The average Bonchev–Trinajstić information content (AvgIpc) is 2.96. The van der Waals surface area contributed by atoms with Crippen molar-refractivity contribution < 1.29 is 13.2 Å². The van der Waals surface area contributed by atoms with Crippen LogP contribution in [0.4, 0.5) is 5.69 Å². The van der Waals surface area contributed by atoms with E-state index in [2.05, 4.69) is 15.1 Å². The number of hydrogen-bond acceptors (Lipinski definition) is 4. The lowest BCUT2D eigenvalue weighted by Gasteiger charge is -2.10. The average molecular weight is 427 g/mol. The van der Waals surface area contributed by atoms with Crippen LogP contribution in [0.25, 0.3) is 5.69 Å². The van der Waals surface area contributed by atoms with Crippen molar-refractivity contribution in [1.82, 2.24) is 14.5 Å². The Labute approximate surface area is 177 Å². The molecule has 0 aliphatic rings. The standard InChI is InChI=1S/C22H26N4O3S/c1-15(2)25-30(28,29)20-12-10-18(11-13-20)23-22(27)14-21-16(3)24-26(17(21)4)19-8-6-5-7-9-19/h5-13,15,25H,14H2,1-4H3,(H,23,27). The van der Waals surface area contributed by atoms with E-state index in [1.165, 1.54) is 12.1 Å². The lowest BCUT2D eigenvalue weighted by molar-refractivity contribution is -0.115. The zero-order chi connectivity index (χ0) is 21.9. The maximum Gasteiger partial charge on any atom is 0.240 e. The molecule has 0 unspecified atom stereocenters. The van der Waals surface area contributed by atoms with Gasteiger partial charge in [0.2, 0.25) is 15.9 Å². The van der Waals surface area contributed by atoms with Crippen molar-refractivity contribution in [2.24, 2.45) is 0 Å². The number of anilines is 1. The fourth-order valence-electron chi connectivity index (χ4n) is 3.21. The lowest BCUT2D eigenvalue weighted by atomic mass is 10.1. The predicted molar refractivity (Wildman–Crippen MR) is 117 cm³/mol. The van der Waals surface area contributed by atoms with E-state index in [-0.39, 0.29) is 23.3 Å². The number of nitrogens with zero attached hydrogens (tertiary/aromatic N) is 2. The van der Waals surface area contributed by atoms with Crippen LogP contribution in [0, 0.1) is 13.8 Å². The van der Waals surface area contributed by atoms with Gasteiger partial charge in [0.15, 0.2) is 0 Å². The molecule has 7 nitrogen and oxygen atoms in total. The first kappa shape index (κ1) is 21.7. The second kappa shape index (κ2) is 8.81. The first-order chi connectivity index (χ1) is 14.2. The van der Waals surface area contributed by atoms with Gasteiger partial charge in [0, 0.05) is 23.0 Å². The smallest absolute Gasteiger partial charge is 0.240 e. The maximum absolute atomic E-state index is 12.6. The van der Waals surface area contributed by atoms with Crippen molar-refractivity contribution in [2.45, 2.75) is 45.1 Å². The number of carbonyl (C=O) groups is 1. The Balaban J connectivity index is 1.72. The summed E-state index contributed by atoms with van der Waals surface area (Å²) in [7, 11) is -3.56. The molecular weight excluding hydrogens is 400 g/mol. The third kappa shape index (κ3) is 4.95. The van der Waals surface area contributed by atoms with E-state index in [0.717, 1.165) is 22.6 Å². The van der Waals surface area contributed by atoms with Crippen molar-refractivity contribution in [3.8, 4) is 5.69 Å². The van der Waals surface area contributed by atoms with Crippen LogP contribution in [0.2, 0.25) is 0 Å². The Morgan fingerprint density at radius 3 is 2.27 bits per heavy atom.